The first-order chi connectivity index (χ1) is 13.6. The third-order valence-corrected chi connectivity index (χ3v) is 5.55. The van der Waals surface area contributed by atoms with Crippen LogP contribution in [-0.2, 0) is 0 Å². The molecule has 2 aliphatic heterocycles. The van der Waals surface area contributed by atoms with E-state index in [1.807, 2.05) is 12.1 Å². The summed E-state index contributed by atoms with van der Waals surface area (Å²) in [6.45, 7) is 5.22. The maximum Gasteiger partial charge on any atom is 0.387 e. The van der Waals surface area contributed by atoms with Crippen LogP contribution in [0, 0.1) is 5.92 Å². The van der Waals surface area contributed by atoms with E-state index in [0.29, 0.717) is 11.6 Å². The van der Waals surface area contributed by atoms with Crippen LogP contribution in [0.2, 0.25) is 0 Å². The Bertz CT molecular complexity index is 657. The van der Waals surface area contributed by atoms with E-state index in [9.17, 15) is 8.78 Å². The molecule has 0 spiro atoms. The highest BCUT2D eigenvalue weighted by atomic mass is 19.3. The Morgan fingerprint density at radius 1 is 1.25 bits per heavy atom. The fourth-order valence-electron chi connectivity index (χ4n) is 4.01. The van der Waals surface area contributed by atoms with Crippen molar-refractivity contribution in [1.29, 1.82) is 0 Å². The van der Waals surface area contributed by atoms with Crippen LogP contribution in [0.15, 0.2) is 29.3 Å². The number of likely N-dealkylation sites (tertiary alicyclic amines) is 1. The molecule has 1 aromatic rings. The number of halogens is 2. The molecule has 8 heteroatoms. The van der Waals surface area contributed by atoms with Crippen molar-refractivity contribution < 1.29 is 13.5 Å². The Kier molecular flexibility index (Phi) is 7.30. The molecule has 6 nitrogen and oxygen atoms in total. The van der Waals surface area contributed by atoms with Gasteiger partial charge in [-0.25, -0.2) is 0 Å². The average molecular weight is 395 g/mol. The fourth-order valence-corrected chi connectivity index (χ4v) is 4.01. The summed E-state index contributed by atoms with van der Waals surface area (Å²) in [6, 6.07) is 7.18. The Labute approximate surface area is 165 Å². The summed E-state index contributed by atoms with van der Waals surface area (Å²) >= 11 is 0. The van der Waals surface area contributed by atoms with Crippen molar-refractivity contribution in [3.63, 3.8) is 0 Å². The Balaban J connectivity index is 1.50. The number of hydrogen-bond donors (Lipinski definition) is 2. The molecule has 2 N–H and O–H groups in total. The zero-order valence-corrected chi connectivity index (χ0v) is 16.7. The van der Waals surface area contributed by atoms with Gasteiger partial charge in [0.15, 0.2) is 5.96 Å². The summed E-state index contributed by atoms with van der Waals surface area (Å²) in [5, 5.41) is 6.91. The number of aliphatic imine (C=N–C) groups is 1. The molecule has 0 bridgehead atoms. The summed E-state index contributed by atoms with van der Waals surface area (Å²) in [5.41, 5.74) is 0.709. The quantitative estimate of drug-likeness (QED) is 0.548. The van der Waals surface area contributed by atoms with Gasteiger partial charge < -0.3 is 25.2 Å². The van der Waals surface area contributed by atoms with Gasteiger partial charge in [-0.15, -0.1) is 0 Å². The lowest BCUT2D eigenvalue weighted by atomic mass is 10.1. The van der Waals surface area contributed by atoms with Crippen molar-refractivity contribution in [3.8, 4) is 5.75 Å². The van der Waals surface area contributed by atoms with Gasteiger partial charge in [0, 0.05) is 39.3 Å². The molecule has 156 valence electrons. The topological polar surface area (TPSA) is 52.1 Å². The molecule has 2 fully saturated rings. The molecule has 0 radical (unpaired) electrons. The van der Waals surface area contributed by atoms with E-state index in [4.69, 9.17) is 0 Å². The van der Waals surface area contributed by atoms with E-state index >= 15 is 0 Å². The van der Waals surface area contributed by atoms with E-state index in [0.717, 1.165) is 45.1 Å². The number of guanidine groups is 1. The van der Waals surface area contributed by atoms with Gasteiger partial charge in [0.2, 0.25) is 0 Å². The van der Waals surface area contributed by atoms with Crippen molar-refractivity contribution in [1.82, 2.24) is 15.5 Å². The van der Waals surface area contributed by atoms with Crippen molar-refractivity contribution >= 4 is 11.6 Å². The van der Waals surface area contributed by atoms with Crippen LogP contribution < -0.4 is 20.3 Å². The number of anilines is 1. The fraction of sp³-hybridized carbons (Fsp3) is 0.650. The lowest BCUT2D eigenvalue weighted by Gasteiger charge is -2.23. The molecule has 0 amide bonds. The number of hydrogen-bond acceptors (Lipinski definition) is 4. The first kappa shape index (κ1) is 20.6. The van der Waals surface area contributed by atoms with Crippen LogP contribution in [-0.4, -0.2) is 69.8 Å². The SMILES string of the molecule is CCN1CCC(CNC(=NC)NC2CCN(c3ccccc3OC(F)F)C2)C1. The zero-order valence-electron chi connectivity index (χ0n) is 16.7. The van der Waals surface area contributed by atoms with Gasteiger partial charge in [0.05, 0.1) is 5.69 Å². The average Bonchev–Trinajstić information content (AvgIpc) is 3.34. The van der Waals surface area contributed by atoms with Crippen LogP contribution >= 0.6 is 0 Å². The van der Waals surface area contributed by atoms with Gasteiger partial charge in [0.1, 0.15) is 5.75 Å². The van der Waals surface area contributed by atoms with E-state index in [1.165, 1.54) is 13.0 Å². The van der Waals surface area contributed by atoms with Crippen molar-refractivity contribution in [2.75, 3.05) is 51.2 Å². The van der Waals surface area contributed by atoms with Crippen LogP contribution in [0.5, 0.6) is 5.75 Å². The first-order valence-electron chi connectivity index (χ1n) is 10.1. The summed E-state index contributed by atoms with van der Waals surface area (Å²) in [6.07, 6.45) is 2.13. The predicted molar refractivity (Wildman–Crippen MR) is 108 cm³/mol. The van der Waals surface area contributed by atoms with Crippen molar-refractivity contribution in [2.45, 2.75) is 32.4 Å². The number of para-hydroxylation sites is 2. The summed E-state index contributed by atoms with van der Waals surface area (Å²) < 4.78 is 30.0. The molecular weight excluding hydrogens is 364 g/mol. The zero-order chi connectivity index (χ0) is 19.9. The van der Waals surface area contributed by atoms with Gasteiger partial charge in [-0.3, -0.25) is 4.99 Å². The molecule has 2 heterocycles. The number of ether oxygens (including phenoxy) is 1. The van der Waals surface area contributed by atoms with E-state index in [-0.39, 0.29) is 11.8 Å². The normalized spacial score (nSPS) is 23.5. The summed E-state index contributed by atoms with van der Waals surface area (Å²) in [7, 11) is 1.78. The van der Waals surface area contributed by atoms with Gasteiger partial charge >= 0.3 is 6.61 Å². The largest absolute Gasteiger partial charge is 0.433 e. The van der Waals surface area contributed by atoms with Gasteiger partial charge in [-0.1, -0.05) is 19.1 Å². The minimum Gasteiger partial charge on any atom is -0.433 e. The maximum atomic E-state index is 12.7. The smallest absolute Gasteiger partial charge is 0.387 e. The van der Waals surface area contributed by atoms with E-state index in [2.05, 4.69) is 37.1 Å². The molecule has 3 rings (SSSR count). The standard InChI is InChI=1S/C20H31F2N5O/c1-3-26-10-8-15(13-26)12-24-20(23-2)25-16-9-11-27(14-16)17-6-4-5-7-18(17)28-19(21)22/h4-7,15-16,19H,3,8-14H2,1-2H3,(H2,23,24,25). The Morgan fingerprint density at radius 3 is 2.79 bits per heavy atom. The third-order valence-electron chi connectivity index (χ3n) is 5.55. The molecule has 0 saturated carbocycles. The Morgan fingerprint density at radius 2 is 2.07 bits per heavy atom. The number of alkyl halides is 2. The number of nitrogens with zero attached hydrogens (tertiary/aromatic N) is 3. The minimum atomic E-state index is -2.82. The lowest BCUT2D eigenvalue weighted by Crippen LogP contribution is -2.46. The summed E-state index contributed by atoms with van der Waals surface area (Å²) in [5.74, 6) is 1.68. The van der Waals surface area contributed by atoms with Crippen molar-refractivity contribution in [2.24, 2.45) is 10.9 Å². The summed E-state index contributed by atoms with van der Waals surface area (Å²) in [4.78, 5) is 8.90. The highest BCUT2D eigenvalue weighted by Crippen LogP contribution is 2.31. The van der Waals surface area contributed by atoms with Crippen LogP contribution in [0.25, 0.3) is 0 Å². The molecule has 0 aliphatic carbocycles. The van der Waals surface area contributed by atoms with Crippen LogP contribution in [0.1, 0.15) is 19.8 Å². The van der Waals surface area contributed by atoms with Crippen LogP contribution in [0.4, 0.5) is 14.5 Å². The minimum absolute atomic E-state index is 0.210. The molecule has 2 unspecified atom stereocenters. The second-order valence-corrected chi connectivity index (χ2v) is 7.42. The molecule has 28 heavy (non-hydrogen) atoms. The highest BCUT2D eigenvalue weighted by molar-refractivity contribution is 5.80. The third kappa shape index (κ3) is 5.47. The van der Waals surface area contributed by atoms with Gasteiger partial charge in [-0.2, -0.15) is 8.78 Å². The van der Waals surface area contributed by atoms with E-state index in [1.54, 1.807) is 19.2 Å². The van der Waals surface area contributed by atoms with E-state index < -0.39 is 6.61 Å². The monoisotopic (exact) mass is 395 g/mol. The Hall–Kier alpha value is -2.09. The molecule has 2 aliphatic rings. The lowest BCUT2D eigenvalue weighted by molar-refractivity contribution is -0.0495. The molecule has 2 saturated heterocycles. The second-order valence-electron chi connectivity index (χ2n) is 7.42. The van der Waals surface area contributed by atoms with Crippen molar-refractivity contribution in [3.05, 3.63) is 24.3 Å². The predicted octanol–water partition coefficient (Wildman–Crippen LogP) is 2.37. The van der Waals surface area contributed by atoms with Gasteiger partial charge in [-0.05, 0) is 44.0 Å². The second kappa shape index (κ2) is 9.91. The first-order valence-corrected chi connectivity index (χ1v) is 10.1. The van der Waals surface area contributed by atoms with Gasteiger partial charge in [0.25, 0.3) is 0 Å². The highest BCUT2D eigenvalue weighted by Gasteiger charge is 2.26. The number of benzene rings is 1. The molecular formula is C20H31F2N5O. The van der Waals surface area contributed by atoms with Crippen LogP contribution in [0.3, 0.4) is 0 Å². The number of nitrogens with one attached hydrogen (secondary N) is 2. The molecule has 0 aromatic heterocycles. The molecule has 1 aromatic carbocycles. The number of rotatable bonds is 7. The molecule has 2 atom stereocenters. The maximum absolute atomic E-state index is 12.7.